The lowest BCUT2D eigenvalue weighted by Crippen LogP contribution is -2.66. The molecule has 0 spiro atoms. The highest BCUT2D eigenvalue weighted by Crippen LogP contribution is 2.41. The lowest BCUT2D eigenvalue weighted by atomic mass is 9.29. The van der Waals surface area contributed by atoms with E-state index in [1.165, 1.54) is 105 Å². The molecule has 11 aromatic carbocycles. The van der Waals surface area contributed by atoms with Gasteiger partial charge in [0.15, 0.2) is 0 Å². The molecule has 340 valence electrons. The molecule has 0 saturated carbocycles. The molecule has 0 aliphatic carbocycles. The van der Waals surface area contributed by atoms with Gasteiger partial charge in [-0.1, -0.05) is 247 Å². The fourth-order valence-electron chi connectivity index (χ4n) is 13.4. The number of hydrogen-bond donors (Lipinski definition) is 0. The second-order valence-corrected chi connectivity index (χ2v) is 20.1. The van der Waals surface area contributed by atoms with Crippen LogP contribution in [0.5, 0.6) is 0 Å². The van der Waals surface area contributed by atoms with Gasteiger partial charge in [0, 0.05) is 22.7 Å². The van der Waals surface area contributed by atoms with Crippen LogP contribution in [0.2, 0.25) is 0 Å². The van der Waals surface area contributed by atoms with Gasteiger partial charge in [-0.2, -0.15) is 0 Å². The molecule has 4 nitrogen and oxygen atoms in total. The Labute approximate surface area is 430 Å². The van der Waals surface area contributed by atoms with E-state index in [1.807, 2.05) is 0 Å². The molecule has 74 heavy (non-hydrogen) atoms. The lowest BCUT2D eigenvalue weighted by Gasteiger charge is -2.45. The summed E-state index contributed by atoms with van der Waals surface area (Å²) in [5.74, 6) is 0.921. The maximum atomic E-state index is 5.51. The second-order valence-electron chi connectivity index (χ2n) is 20.1. The minimum atomic E-state index is -0.117. The number of anilines is 3. The van der Waals surface area contributed by atoms with Gasteiger partial charge in [-0.3, -0.25) is 8.97 Å². The number of para-hydroxylation sites is 5. The Morgan fingerprint density at radius 2 is 0.730 bits per heavy atom. The lowest BCUT2D eigenvalue weighted by molar-refractivity contribution is 1.11. The highest BCUT2D eigenvalue weighted by atomic mass is 15.2. The van der Waals surface area contributed by atoms with Gasteiger partial charge in [0.25, 0.3) is 0 Å². The van der Waals surface area contributed by atoms with Gasteiger partial charge in [0.05, 0.1) is 22.1 Å². The fourth-order valence-corrected chi connectivity index (χ4v) is 13.4. The van der Waals surface area contributed by atoms with Crippen LogP contribution in [0.1, 0.15) is 0 Å². The predicted molar refractivity (Wildman–Crippen MR) is 314 cm³/mol. The maximum Gasteiger partial charge on any atom is 0.247 e. The molecule has 16 rings (SSSR count). The normalized spacial score (nSPS) is 13.0. The van der Waals surface area contributed by atoms with Gasteiger partial charge >= 0.3 is 0 Å². The Kier molecular flexibility index (Phi) is 8.99. The van der Waals surface area contributed by atoms with Crippen molar-refractivity contribution in [3.05, 3.63) is 261 Å². The van der Waals surface area contributed by atoms with Gasteiger partial charge in [-0.25, -0.2) is 4.98 Å². The molecule has 0 unspecified atom stereocenters. The zero-order chi connectivity index (χ0) is 48.4. The van der Waals surface area contributed by atoms with E-state index in [2.05, 4.69) is 275 Å². The number of nitrogens with zero attached hydrogens (tertiary/aromatic N) is 4. The van der Waals surface area contributed by atoms with E-state index in [0.29, 0.717) is 0 Å². The van der Waals surface area contributed by atoms with Crippen molar-refractivity contribution in [1.82, 2.24) is 14.0 Å². The summed E-state index contributed by atoms with van der Waals surface area (Å²) in [4.78, 5) is 8.14. The standard InChI is InChI=1S/C67H43B3N4/c1-4-22-44(23-5-1)47-28-10-13-31-50(47)68-53-34-16-18-39-60(53)72-63-43-64-58(42-57(63)69(55-36-20-35-54(68)65(55)72)51-32-14-11-29-48(51)45-24-6-2-7-25-45)70(52-33-15-12-30-49(52)46-26-8-3-9-27-46)56-37-21-41-62-66(56)74(64)67-71-59-38-17-19-40-61(59)73(62)67/h1-43H. The van der Waals surface area contributed by atoms with Crippen LogP contribution in [-0.4, -0.2) is 34.1 Å². The molecule has 13 aromatic rings. The van der Waals surface area contributed by atoms with Gasteiger partial charge in [0.1, 0.15) is 0 Å². The van der Waals surface area contributed by atoms with E-state index in [4.69, 9.17) is 4.98 Å². The summed E-state index contributed by atoms with van der Waals surface area (Å²) in [6, 6.07) is 97.1. The number of rotatable bonds is 6. The summed E-state index contributed by atoms with van der Waals surface area (Å²) >= 11 is 0. The van der Waals surface area contributed by atoms with Crippen LogP contribution in [0.3, 0.4) is 0 Å². The van der Waals surface area contributed by atoms with Crippen molar-refractivity contribution in [3.63, 3.8) is 0 Å². The second kappa shape index (κ2) is 16.1. The third-order valence-electron chi connectivity index (χ3n) is 16.3. The first-order valence-corrected chi connectivity index (χ1v) is 25.8. The van der Waals surface area contributed by atoms with E-state index in [9.17, 15) is 0 Å². The van der Waals surface area contributed by atoms with Gasteiger partial charge < -0.3 is 4.90 Å². The first-order chi connectivity index (χ1) is 36.8. The van der Waals surface area contributed by atoms with E-state index >= 15 is 0 Å². The van der Waals surface area contributed by atoms with Gasteiger partial charge in [-0.05, 0) is 96.5 Å². The van der Waals surface area contributed by atoms with Crippen molar-refractivity contribution in [2.45, 2.75) is 0 Å². The van der Waals surface area contributed by atoms with Crippen LogP contribution in [0, 0.1) is 0 Å². The Morgan fingerprint density at radius 1 is 0.297 bits per heavy atom. The highest BCUT2D eigenvalue weighted by molar-refractivity contribution is 7.04. The number of fused-ring (bicyclic) bond motifs is 11. The van der Waals surface area contributed by atoms with Crippen molar-refractivity contribution >= 4 is 114 Å². The molecule has 0 saturated heterocycles. The average molecular weight is 937 g/mol. The Balaban J connectivity index is 1.04. The predicted octanol–water partition coefficient (Wildman–Crippen LogP) is 9.39. The number of benzene rings is 11. The quantitative estimate of drug-likeness (QED) is 0.156. The minimum absolute atomic E-state index is 0.0233. The smallest absolute Gasteiger partial charge is 0.247 e. The molecule has 0 fully saturated rings. The molecule has 3 aliphatic heterocycles. The molecular formula is C67H43B3N4. The SMILES string of the molecule is c1ccc(-c2ccccc2B2c3ccccc3N3c4cc5c(cc4B(c4ccccc4-c4ccccc4)c4cccc2c43)B(c2ccccc2-c2ccccc2)c2cccc3c2n-5c2nc4ccccc4n32)cc1. The van der Waals surface area contributed by atoms with E-state index in [0.717, 1.165) is 28.0 Å². The fraction of sp³-hybridized carbons (Fsp3) is 0. The molecule has 0 radical (unpaired) electrons. The summed E-state index contributed by atoms with van der Waals surface area (Å²) in [7, 11) is 0. The van der Waals surface area contributed by atoms with Crippen LogP contribution < -0.4 is 54.1 Å². The largest absolute Gasteiger partial charge is 0.312 e. The summed E-state index contributed by atoms with van der Waals surface area (Å²) in [5, 5.41) is 0. The van der Waals surface area contributed by atoms with Crippen molar-refractivity contribution in [2.75, 3.05) is 4.90 Å². The summed E-state index contributed by atoms with van der Waals surface area (Å²) in [6.07, 6.45) is 0. The summed E-state index contributed by atoms with van der Waals surface area (Å²) in [5.41, 5.74) is 28.2. The zero-order valence-corrected chi connectivity index (χ0v) is 40.3. The Morgan fingerprint density at radius 3 is 1.34 bits per heavy atom. The first kappa shape index (κ1) is 41.3. The first-order valence-electron chi connectivity index (χ1n) is 25.8. The molecule has 7 heteroatoms. The Hall–Kier alpha value is -9.32. The van der Waals surface area contributed by atoms with Gasteiger partial charge in [-0.15, -0.1) is 0 Å². The van der Waals surface area contributed by atoms with Crippen LogP contribution in [0.25, 0.3) is 66.9 Å². The van der Waals surface area contributed by atoms with Crippen molar-refractivity contribution < 1.29 is 0 Å². The summed E-state index contributed by atoms with van der Waals surface area (Å²) in [6.45, 7) is -0.238. The third kappa shape index (κ3) is 5.86. The number of imidazole rings is 2. The molecule has 0 amide bonds. The van der Waals surface area contributed by atoms with Gasteiger partial charge in [0.2, 0.25) is 25.9 Å². The van der Waals surface area contributed by atoms with E-state index in [-0.39, 0.29) is 20.1 Å². The van der Waals surface area contributed by atoms with Crippen molar-refractivity contribution in [1.29, 1.82) is 0 Å². The average Bonchev–Trinajstić information content (AvgIpc) is 4.03. The maximum absolute atomic E-state index is 5.51. The number of aromatic nitrogens is 3. The molecule has 2 aromatic heterocycles. The van der Waals surface area contributed by atoms with Crippen LogP contribution in [-0.2, 0) is 0 Å². The van der Waals surface area contributed by atoms with Crippen LogP contribution in [0.4, 0.5) is 17.1 Å². The summed E-state index contributed by atoms with van der Waals surface area (Å²) < 4.78 is 4.88. The molecular weight excluding hydrogens is 893 g/mol. The molecule has 5 heterocycles. The molecule has 0 N–H and O–H groups in total. The van der Waals surface area contributed by atoms with E-state index < -0.39 is 0 Å². The number of hydrogen-bond acceptors (Lipinski definition) is 2. The minimum Gasteiger partial charge on any atom is -0.312 e. The zero-order valence-electron chi connectivity index (χ0n) is 40.3. The van der Waals surface area contributed by atoms with Crippen molar-refractivity contribution in [2.24, 2.45) is 0 Å². The molecule has 3 aliphatic rings. The Bertz CT molecular complexity index is 4410. The third-order valence-corrected chi connectivity index (χ3v) is 16.3. The molecule has 0 bridgehead atoms. The highest BCUT2D eigenvalue weighted by Gasteiger charge is 2.46. The van der Waals surface area contributed by atoms with Crippen LogP contribution in [0.15, 0.2) is 261 Å². The van der Waals surface area contributed by atoms with E-state index in [1.54, 1.807) is 0 Å². The monoisotopic (exact) mass is 936 g/mol. The van der Waals surface area contributed by atoms with Crippen LogP contribution >= 0.6 is 0 Å². The topological polar surface area (TPSA) is 25.5 Å². The van der Waals surface area contributed by atoms with Crippen molar-refractivity contribution in [3.8, 4) is 39.1 Å². The molecule has 0 atom stereocenters.